The van der Waals surface area contributed by atoms with Gasteiger partial charge in [-0.2, -0.15) is 0 Å². The lowest BCUT2D eigenvalue weighted by Crippen LogP contribution is -2.38. The summed E-state index contributed by atoms with van der Waals surface area (Å²) in [6.45, 7) is 5.83. The molecule has 0 aromatic carbocycles. The zero-order valence-corrected chi connectivity index (χ0v) is 10.3. The monoisotopic (exact) mass is 226 g/mol. The van der Waals surface area contributed by atoms with Crippen LogP contribution < -0.4 is 10.6 Å². The van der Waals surface area contributed by atoms with Crippen LogP contribution in [0.3, 0.4) is 0 Å². The third kappa shape index (κ3) is 4.29. The van der Waals surface area contributed by atoms with E-state index >= 15 is 0 Å². The molecule has 0 bridgehead atoms. The molecule has 2 N–H and O–H groups in total. The van der Waals surface area contributed by atoms with E-state index in [4.69, 9.17) is 0 Å². The quantitative estimate of drug-likeness (QED) is 0.599. The van der Waals surface area contributed by atoms with Gasteiger partial charge in [-0.3, -0.25) is 4.99 Å². The number of aliphatic imine (C=N–C) groups is 1. The second kappa shape index (κ2) is 6.40. The Labute approximate surface area is 94.8 Å². The number of hydrogen-bond acceptors (Lipinski definition) is 3. The highest BCUT2D eigenvalue weighted by Crippen LogP contribution is 2.07. The lowest BCUT2D eigenvalue weighted by atomic mass is 10.3. The van der Waals surface area contributed by atoms with Gasteiger partial charge in [0.25, 0.3) is 0 Å². The highest BCUT2D eigenvalue weighted by Gasteiger charge is 1.99. The van der Waals surface area contributed by atoms with Crippen molar-refractivity contribution >= 4 is 17.3 Å². The van der Waals surface area contributed by atoms with Crippen LogP contribution in [-0.2, 0) is 6.42 Å². The normalized spacial score (nSPS) is 11.5. The van der Waals surface area contributed by atoms with Crippen LogP contribution in [0, 0.1) is 6.92 Å². The summed E-state index contributed by atoms with van der Waals surface area (Å²) in [5, 5.41) is 9.61. The largest absolute Gasteiger partial charge is 0.357 e. The number of rotatable bonds is 4. The molecule has 5 heteroatoms. The molecule has 0 saturated carbocycles. The molecular formula is C10H18N4S. The minimum Gasteiger partial charge on any atom is -0.357 e. The zero-order valence-electron chi connectivity index (χ0n) is 9.50. The Morgan fingerprint density at radius 2 is 2.33 bits per heavy atom. The van der Waals surface area contributed by atoms with Gasteiger partial charge < -0.3 is 10.6 Å². The van der Waals surface area contributed by atoms with E-state index in [0.717, 1.165) is 36.2 Å². The van der Waals surface area contributed by atoms with Gasteiger partial charge in [0, 0.05) is 31.9 Å². The Balaban J connectivity index is 2.26. The van der Waals surface area contributed by atoms with Crippen molar-refractivity contribution in [1.82, 2.24) is 15.6 Å². The molecule has 84 valence electrons. The van der Waals surface area contributed by atoms with Crippen molar-refractivity contribution in [3.63, 3.8) is 0 Å². The summed E-state index contributed by atoms with van der Waals surface area (Å²) in [5.74, 6) is 0.851. The fraction of sp³-hybridized carbons (Fsp3) is 0.600. The molecule has 0 aliphatic rings. The van der Waals surface area contributed by atoms with E-state index < -0.39 is 0 Å². The highest BCUT2D eigenvalue weighted by atomic mass is 32.1. The van der Waals surface area contributed by atoms with Gasteiger partial charge in [0.2, 0.25) is 0 Å². The van der Waals surface area contributed by atoms with Gasteiger partial charge in [-0.05, 0) is 13.8 Å². The second-order valence-electron chi connectivity index (χ2n) is 3.14. The minimum absolute atomic E-state index is 0.851. The molecule has 0 amide bonds. The van der Waals surface area contributed by atoms with E-state index in [1.54, 1.807) is 18.4 Å². The summed E-state index contributed by atoms with van der Waals surface area (Å²) < 4.78 is 0. The Bertz CT molecular complexity index is 319. The minimum atomic E-state index is 0.851. The van der Waals surface area contributed by atoms with Crippen molar-refractivity contribution in [2.45, 2.75) is 20.3 Å². The Kier molecular flexibility index (Phi) is 5.10. The predicted molar refractivity (Wildman–Crippen MR) is 65.6 cm³/mol. The number of thiazole rings is 1. The van der Waals surface area contributed by atoms with Crippen LogP contribution in [-0.4, -0.2) is 31.1 Å². The van der Waals surface area contributed by atoms with Crippen LogP contribution in [0.4, 0.5) is 0 Å². The summed E-state index contributed by atoms with van der Waals surface area (Å²) in [6.07, 6.45) is 0.939. The standard InChI is InChI=1S/C10H18N4S/c1-4-12-10(11-3)13-6-5-9-7-15-8(2)14-9/h7H,4-6H2,1-3H3,(H2,11,12,13). The number of guanidine groups is 1. The molecule has 0 radical (unpaired) electrons. The van der Waals surface area contributed by atoms with Crippen molar-refractivity contribution in [2.75, 3.05) is 20.1 Å². The Morgan fingerprint density at radius 1 is 1.53 bits per heavy atom. The fourth-order valence-electron chi connectivity index (χ4n) is 1.22. The first-order chi connectivity index (χ1) is 7.26. The van der Waals surface area contributed by atoms with Crippen molar-refractivity contribution < 1.29 is 0 Å². The predicted octanol–water partition coefficient (Wildman–Crippen LogP) is 1.18. The van der Waals surface area contributed by atoms with E-state index in [9.17, 15) is 0 Å². The van der Waals surface area contributed by atoms with Crippen LogP contribution in [0.25, 0.3) is 0 Å². The maximum Gasteiger partial charge on any atom is 0.190 e. The number of aryl methyl sites for hydroxylation is 1. The van der Waals surface area contributed by atoms with Crippen molar-refractivity contribution in [3.8, 4) is 0 Å². The van der Waals surface area contributed by atoms with Gasteiger partial charge in [-0.25, -0.2) is 4.98 Å². The summed E-state index contributed by atoms with van der Waals surface area (Å²) in [5.41, 5.74) is 1.15. The molecule has 0 atom stereocenters. The summed E-state index contributed by atoms with van der Waals surface area (Å²) in [4.78, 5) is 8.49. The molecule has 0 unspecified atom stereocenters. The SMILES string of the molecule is CCNC(=NC)NCCc1csc(C)n1. The van der Waals surface area contributed by atoms with E-state index in [0.29, 0.717) is 0 Å². The molecule has 0 saturated heterocycles. The molecule has 0 spiro atoms. The first kappa shape index (κ1) is 12.0. The molecule has 0 aliphatic heterocycles. The zero-order chi connectivity index (χ0) is 11.1. The average Bonchev–Trinajstić information content (AvgIpc) is 2.63. The van der Waals surface area contributed by atoms with Gasteiger partial charge in [0.15, 0.2) is 5.96 Å². The van der Waals surface area contributed by atoms with Crippen LogP contribution in [0.1, 0.15) is 17.6 Å². The number of aromatic nitrogens is 1. The van der Waals surface area contributed by atoms with Crippen molar-refractivity contribution in [1.29, 1.82) is 0 Å². The molecule has 1 heterocycles. The average molecular weight is 226 g/mol. The van der Waals surface area contributed by atoms with E-state index in [2.05, 4.69) is 32.9 Å². The smallest absolute Gasteiger partial charge is 0.190 e. The maximum absolute atomic E-state index is 4.40. The molecule has 1 aromatic heterocycles. The summed E-state index contributed by atoms with van der Waals surface area (Å²) >= 11 is 1.69. The molecule has 0 fully saturated rings. The lowest BCUT2D eigenvalue weighted by Gasteiger charge is -2.08. The summed E-state index contributed by atoms with van der Waals surface area (Å²) in [6, 6.07) is 0. The molecule has 1 rings (SSSR count). The third-order valence-electron chi connectivity index (χ3n) is 1.91. The highest BCUT2D eigenvalue weighted by molar-refractivity contribution is 7.09. The van der Waals surface area contributed by atoms with Crippen LogP contribution in [0.5, 0.6) is 0 Å². The Morgan fingerprint density at radius 3 is 2.87 bits per heavy atom. The topological polar surface area (TPSA) is 49.3 Å². The molecule has 4 nitrogen and oxygen atoms in total. The van der Waals surface area contributed by atoms with E-state index in [1.807, 2.05) is 6.92 Å². The first-order valence-corrected chi connectivity index (χ1v) is 5.99. The number of nitrogens with one attached hydrogen (secondary N) is 2. The van der Waals surface area contributed by atoms with Gasteiger partial charge in [0.05, 0.1) is 10.7 Å². The molecule has 0 aliphatic carbocycles. The van der Waals surface area contributed by atoms with Crippen LogP contribution >= 0.6 is 11.3 Å². The van der Waals surface area contributed by atoms with E-state index in [1.165, 1.54) is 0 Å². The third-order valence-corrected chi connectivity index (χ3v) is 2.73. The number of nitrogens with zero attached hydrogens (tertiary/aromatic N) is 2. The fourth-order valence-corrected chi connectivity index (χ4v) is 1.87. The Hall–Kier alpha value is -1.10. The van der Waals surface area contributed by atoms with Gasteiger partial charge in [0.1, 0.15) is 0 Å². The van der Waals surface area contributed by atoms with Crippen molar-refractivity contribution in [2.24, 2.45) is 4.99 Å². The maximum atomic E-state index is 4.40. The van der Waals surface area contributed by atoms with Gasteiger partial charge >= 0.3 is 0 Å². The summed E-state index contributed by atoms with van der Waals surface area (Å²) in [7, 11) is 1.78. The lowest BCUT2D eigenvalue weighted by molar-refractivity contribution is 0.799. The molecule has 15 heavy (non-hydrogen) atoms. The van der Waals surface area contributed by atoms with Crippen LogP contribution in [0.15, 0.2) is 10.4 Å². The molecular weight excluding hydrogens is 208 g/mol. The van der Waals surface area contributed by atoms with Gasteiger partial charge in [-0.15, -0.1) is 11.3 Å². The second-order valence-corrected chi connectivity index (χ2v) is 4.20. The molecule has 1 aromatic rings. The van der Waals surface area contributed by atoms with E-state index in [-0.39, 0.29) is 0 Å². The first-order valence-electron chi connectivity index (χ1n) is 5.11. The number of hydrogen-bond donors (Lipinski definition) is 2. The van der Waals surface area contributed by atoms with Crippen LogP contribution in [0.2, 0.25) is 0 Å². The van der Waals surface area contributed by atoms with Gasteiger partial charge in [-0.1, -0.05) is 0 Å². The van der Waals surface area contributed by atoms with Crippen molar-refractivity contribution in [3.05, 3.63) is 16.1 Å².